The van der Waals surface area contributed by atoms with Crippen LogP contribution in [0.1, 0.15) is 49.7 Å². The Morgan fingerprint density at radius 2 is 2.31 bits per heavy atom. The summed E-state index contributed by atoms with van der Waals surface area (Å²) in [6.07, 6.45) is 4.86. The van der Waals surface area contributed by atoms with E-state index in [9.17, 15) is 0 Å². The van der Waals surface area contributed by atoms with Crippen LogP contribution in [0.15, 0.2) is 18.2 Å². The first kappa shape index (κ1) is 11.5. The maximum atomic E-state index is 9.16. The van der Waals surface area contributed by atoms with Crippen molar-refractivity contribution >= 4 is 0 Å². The van der Waals surface area contributed by atoms with Gasteiger partial charge in [-0.3, -0.25) is 0 Å². The molecule has 16 heavy (non-hydrogen) atoms. The maximum absolute atomic E-state index is 9.16. The van der Waals surface area contributed by atoms with E-state index in [0.29, 0.717) is 5.92 Å². The summed E-state index contributed by atoms with van der Waals surface area (Å²) < 4.78 is 5.65. The summed E-state index contributed by atoms with van der Waals surface area (Å²) >= 11 is 0. The minimum Gasteiger partial charge on any atom is -0.493 e. The number of hydrogen-bond acceptors (Lipinski definition) is 2. The molecule has 1 atom stereocenters. The molecule has 1 N–H and O–H groups in total. The zero-order valence-electron chi connectivity index (χ0n) is 9.91. The van der Waals surface area contributed by atoms with Crippen LogP contribution in [0.3, 0.4) is 0 Å². The summed E-state index contributed by atoms with van der Waals surface area (Å²) in [4.78, 5) is 0. The molecule has 1 aliphatic heterocycles. The van der Waals surface area contributed by atoms with Crippen molar-refractivity contribution in [1.29, 1.82) is 0 Å². The monoisotopic (exact) mass is 220 g/mol. The molecule has 0 bridgehead atoms. The minimum atomic E-state index is 0.119. The van der Waals surface area contributed by atoms with Crippen molar-refractivity contribution in [3.63, 3.8) is 0 Å². The Morgan fingerprint density at radius 3 is 3.06 bits per heavy atom. The number of fused-ring (bicyclic) bond motifs is 1. The highest BCUT2D eigenvalue weighted by molar-refractivity contribution is 5.40. The molecule has 0 saturated heterocycles. The van der Waals surface area contributed by atoms with Gasteiger partial charge in [0.25, 0.3) is 0 Å². The van der Waals surface area contributed by atoms with E-state index < -0.39 is 0 Å². The smallest absolute Gasteiger partial charge is 0.122 e. The van der Waals surface area contributed by atoms with E-state index in [1.165, 1.54) is 24.8 Å². The Balaban J connectivity index is 2.21. The second-order valence-corrected chi connectivity index (χ2v) is 4.51. The molecule has 2 rings (SSSR count). The normalized spacial score (nSPS) is 19.0. The Labute approximate surface area is 97.3 Å². The van der Waals surface area contributed by atoms with Crippen molar-refractivity contribution < 1.29 is 9.84 Å². The van der Waals surface area contributed by atoms with Crippen molar-refractivity contribution in [3.05, 3.63) is 29.3 Å². The molecule has 1 aromatic rings. The Morgan fingerprint density at radius 1 is 1.44 bits per heavy atom. The van der Waals surface area contributed by atoms with E-state index in [4.69, 9.17) is 9.84 Å². The fourth-order valence-corrected chi connectivity index (χ4v) is 2.36. The molecule has 0 saturated carbocycles. The Hall–Kier alpha value is -1.02. The van der Waals surface area contributed by atoms with Crippen LogP contribution < -0.4 is 4.74 Å². The van der Waals surface area contributed by atoms with Gasteiger partial charge in [0.1, 0.15) is 5.75 Å². The van der Waals surface area contributed by atoms with Crippen LogP contribution in [0.2, 0.25) is 0 Å². The highest BCUT2D eigenvalue weighted by atomic mass is 16.5. The van der Waals surface area contributed by atoms with Crippen LogP contribution in [0.25, 0.3) is 0 Å². The molecule has 0 aliphatic carbocycles. The number of ether oxygens (including phenoxy) is 1. The van der Waals surface area contributed by atoms with Gasteiger partial charge in [0, 0.05) is 0 Å². The second-order valence-electron chi connectivity index (χ2n) is 4.51. The molecule has 1 aromatic carbocycles. The van der Waals surface area contributed by atoms with Crippen molar-refractivity contribution in [2.24, 2.45) is 0 Å². The van der Waals surface area contributed by atoms with Gasteiger partial charge >= 0.3 is 0 Å². The number of benzene rings is 1. The zero-order valence-corrected chi connectivity index (χ0v) is 9.91. The fourth-order valence-electron chi connectivity index (χ4n) is 2.36. The quantitative estimate of drug-likeness (QED) is 0.844. The highest BCUT2D eigenvalue weighted by Crippen LogP contribution is 2.37. The fraction of sp³-hybridized carbons (Fsp3) is 0.571. The average molecular weight is 220 g/mol. The molecule has 0 amide bonds. The lowest BCUT2D eigenvalue weighted by Crippen LogP contribution is -2.14. The first-order valence-electron chi connectivity index (χ1n) is 6.21. The number of rotatable bonds is 4. The summed E-state index contributed by atoms with van der Waals surface area (Å²) in [5.74, 6) is 1.64. The largest absolute Gasteiger partial charge is 0.493 e. The summed E-state index contributed by atoms with van der Waals surface area (Å²) in [6, 6.07) is 6.05. The summed E-state index contributed by atoms with van der Waals surface area (Å²) in [6.45, 7) is 3.18. The van der Waals surface area contributed by atoms with Gasteiger partial charge in [-0.05, 0) is 42.0 Å². The van der Waals surface area contributed by atoms with Gasteiger partial charge in [0.15, 0.2) is 0 Å². The molecule has 1 unspecified atom stereocenters. The van der Waals surface area contributed by atoms with Gasteiger partial charge in [0.05, 0.1) is 13.2 Å². The SMILES string of the molecule is CCCCC1CCOc2ccc(CO)cc21. The number of aliphatic hydroxyl groups is 1. The van der Waals surface area contributed by atoms with Crippen molar-refractivity contribution in [2.45, 2.75) is 45.1 Å². The van der Waals surface area contributed by atoms with E-state index in [1.54, 1.807) is 0 Å². The van der Waals surface area contributed by atoms with Crippen LogP contribution >= 0.6 is 0 Å². The minimum absolute atomic E-state index is 0.119. The van der Waals surface area contributed by atoms with E-state index in [1.807, 2.05) is 12.1 Å². The zero-order chi connectivity index (χ0) is 11.4. The molecule has 0 fully saturated rings. The predicted molar refractivity (Wildman–Crippen MR) is 64.7 cm³/mol. The topological polar surface area (TPSA) is 29.5 Å². The highest BCUT2D eigenvalue weighted by Gasteiger charge is 2.20. The summed E-state index contributed by atoms with van der Waals surface area (Å²) in [7, 11) is 0. The molecule has 2 nitrogen and oxygen atoms in total. The van der Waals surface area contributed by atoms with Crippen LogP contribution in [-0.2, 0) is 6.61 Å². The third-order valence-electron chi connectivity index (χ3n) is 3.33. The Bertz CT molecular complexity index is 347. The van der Waals surface area contributed by atoms with Gasteiger partial charge in [-0.1, -0.05) is 25.8 Å². The summed E-state index contributed by atoms with van der Waals surface area (Å²) in [5.41, 5.74) is 2.29. The molecule has 88 valence electrons. The van der Waals surface area contributed by atoms with Crippen LogP contribution in [0.5, 0.6) is 5.75 Å². The Kier molecular flexibility index (Phi) is 3.83. The van der Waals surface area contributed by atoms with Crippen molar-refractivity contribution in [3.8, 4) is 5.75 Å². The van der Waals surface area contributed by atoms with Gasteiger partial charge in [0.2, 0.25) is 0 Å². The first-order valence-corrected chi connectivity index (χ1v) is 6.21. The number of aliphatic hydroxyl groups excluding tert-OH is 1. The maximum Gasteiger partial charge on any atom is 0.122 e. The van der Waals surface area contributed by atoms with E-state index >= 15 is 0 Å². The van der Waals surface area contributed by atoms with Gasteiger partial charge in [-0.15, -0.1) is 0 Å². The average Bonchev–Trinajstić information content (AvgIpc) is 2.35. The lowest BCUT2D eigenvalue weighted by molar-refractivity contribution is 0.259. The van der Waals surface area contributed by atoms with Gasteiger partial charge < -0.3 is 9.84 Å². The predicted octanol–water partition coefficient (Wildman–Crippen LogP) is 3.24. The molecule has 0 aromatic heterocycles. The molecule has 2 heteroatoms. The molecule has 0 spiro atoms. The van der Waals surface area contributed by atoms with E-state index in [-0.39, 0.29) is 6.61 Å². The number of hydrogen-bond donors (Lipinski definition) is 1. The standard InChI is InChI=1S/C14H20O2/c1-2-3-4-12-7-8-16-14-6-5-11(10-15)9-13(12)14/h5-6,9,12,15H,2-4,7-8,10H2,1H3. The molecular weight excluding hydrogens is 200 g/mol. The van der Waals surface area contributed by atoms with Crippen LogP contribution in [-0.4, -0.2) is 11.7 Å². The molecular formula is C14H20O2. The van der Waals surface area contributed by atoms with E-state index in [2.05, 4.69) is 13.0 Å². The second kappa shape index (κ2) is 5.35. The number of unbranched alkanes of at least 4 members (excludes halogenated alkanes) is 1. The van der Waals surface area contributed by atoms with Gasteiger partial charge in [-0.2, -0.15) is 0 Å². The molecule has 0 radical (unpaired) electrons. The lowest BCUT2D eigenvalue weighted by Gasteiger charge is -2.26. The van der Waals surface area contributed by atoms with Crippen LogP contribution in [0.4, 0.5) is 0 Å². The van der Waals surface area contributed by atoms with Crippen molar-refractivity contribution in [1.82, 2.24) is 0 Å². The molecule has 1 heterocycles. The van der Waals surface area contributed by atoms with Crippen molar-refractivity contribution in [2.75, 3.05) is 6.61 Å². The van der Waals surface area contributed by atoms with E-state index in [0.717, 1.165) is 24.3 Å². The third kappa shape index (κ3) is 2.38. The first-order chi connectivity index (χ1) is 7.85. The third-order valence-corrected chi connectivity index (χ3v) is 3.33. The van der Waals surface area contributed by atoms with Gasteiger partial charge in [-0.25, -0.2) is 0 Å². The molecule has 1 aliphatic rings. The summed E-state index contributed by atoms with van der Waals surface area (Å²) in [5, 5.41) is 9.16. The lowest BCUT2D eigenvalue weighted by atomic mass is 9.88. The van der Waals surface area contributed by atoms with Crippen LogP contribution in [0, 0.1) is 0 Å².